The molecule has 0 aliphatic carbocycles. The Hall–Kier alpha value is -1.90. The number of aryl methyl sites for hydroxylation is 1. The third-order valence-corrected chi connectivity index (χ3v) is 5.46. The van der Waals surface area contributed by atoms with Gasteiger partial charge in [-0.15, -0.1) is 0 Å². The first-order chi connectivity index (χ1) is 11.1. The zero-order valence-corrected chi connectivity index (χ0v) is 14.2. The second-order valence-electron chi connectivity index (χ2n) is 5.07. The zero-order valence-electron chi connectivity index (χ0n) is 12.6. The van der Waals surface area contributed by atoms with Crippen molar-refractivity contribution in [2.75, 3.05) is 18.4 Å². The van der Waals surface area contributed by atoms with E-state index in [2.05, 4.69) is 14.4 Å². The molecule has 2 N–H and O–H groups in total. The summed E-state index contributed by atoms with van der Waals surface area (Å²) in [5, 5.41) is 4.28. The Balaban J connectivity index is 1.49. The van der Waals surface area contributed by atoms with Crippen LogP contribution in [0.15, 0.2) is 45.9 Å². The van der Waals surface area contributed by atoms with Crippen molar-refractivity contribution >= 4 is 37.5 Å². The standard InChI is InChI=1S/C15H17N3O3S2/c1-11-7-8-14(21-11)23(19,20)17-10-4-9-16-15-12-5-2-3-6-13(12)22-18-15/h2-3,5-8,17H,4,9-10H2,1H3,(H,16,18). The molecule has 3 rings (SSSR count). The number of fused-ring (bicyclic) bond motifs is 1. The molecule has 3 aromatic rings. The van der Waals surface area contributed by atoms with Gasteiger partial charge in [-0.3, -0.25) is 0 Å². The Labute approximate surface area is 138 Å². The molecule has 2 aromatic heterocycles. The molecule has 122 valence electrons. The van der Waals surface area contributed by atoms with E-state index >= 15 is 0 Å². The van der Waals surface area contributed by atoms with Crippen molar-refractivity contribution in [3.05, 3.63) is 42.2 Å². The topological polar surface area (TPSA) is 84.2 Å². The molecule has 0 fully saturated rings. The zero-order chi connectivity index (χ0) is 16.3. The summed E-state index contributed by atoms with van der Waals surface area (Å²) in [6.45, 7) is 2.67. The van der Waals surface area contributed by atoms with Gasteiger partial charge in [0.25, 0.3) is 10.0 Å². The number of hydrogen-bond donors (Lipinski definition) is 2. The van der Waals surface area contributed by atoms with E-state index in [-0.39, 0.29) is 5.09 Å². The van der Waals surface area contributed by atoms with Crippen LogP contribution in [0, 0.1) is 6.92 Å². The summed E-state index contributed by atoms with van der Waals surface area (Å²) >= 11 is 1.45. The first kappa shape index (κ1) is 16.0. The van der Waals surface area contributed by atoms with Crippen molar-refractivity contribution in [3.8, 4) is 0 Å². The summed E-state index contributed by atoms with van der Waals surface area (Å²) < 4.78 is 37.1. The Morgan fingerprint density at radius 3 is 2.78 bits per heavy atom. The van der Waals surface area contributed by atoms with Gasteiger partial charge in [-0.25, -0.2) is 13.1 Å². The molecule has 2 heterocycles. The fraction of sp³-hybridized carbons (Fsp3) is 0.267. The summed E-state index contributed by atoms with van der Waals surface area (Å²) in [5.74, 6) is 1.41. The fourth-order valence-electron chi connectivity index (χ4n) is 2.14. The monoisotopic (exact) mass is 351 g/mol. The molecule has 0 saturated heterocycles. The lowest BCUT2D eigenvalue weighted by molar-refractivity contribution is 0.425. The van der Waals surface area contributed by atoms with Gasteiger partial charge in [-0.1, -0.05) is 12.1 Å². The number of aromatic nitrogens is 1. The summed E-state index contributed by atoms with van der Waals surface area (Å²) in [5.41, 5.74) is 0. The second-order valence-corrected chi connectivity index (χ2v) is 7.57. The molecule has 0 bridgehead atoms. The lowest BCUT2D eigenvalue weighted by atomic mass is 10.2. The van der Waals surface area contributed by atoms with Gasteiger partial charge >= 0.3 is 0 Å². The molecule has 0 saturated carbocycles. The van der Waals surface area contributed by atoms with E-state index in [9.17, 15) is 8.42 Å². The predicted octanol–water partition coefficient (Wildman–Crippen LogP) is 2.98. The summed E-state index contributed by atoms with van der Waals surface area (Å²) in [6.07, 6.45) is 0.644. The highest BCUT2D eigenvalue weighted by molar-refractivity contribution is 7.89. The molecule has 0 amide bonds. The van der Waals surface area contributed by atoms with Gasteiger partial charge in [0.2, 0.25) is 5.09 Å². The van der Waals surface area contributed by atoms with Crippen LogP contribution < -0.4 is 10.0 Å². The van der Waals surface area contributed by atoms with Crippen LogP contribution in [-0.4, -0.2) is 25.9 Å². The quantitative estimate of drug-likeness (QED) is 0.639. The summed E-state index contributed by atoms with van der Waals surface area (Å²) in [4.78, 5) is 0. The minimum atomic E-state index is -3.57. The molecule has 6 nitrogen and oxygen atoms in total. The van der Waals surface area contributed by atoms with Crippen molar-refractivity contribution in [2.45, 2.75) is 18.4 Å². The van der Waals surface area contributed by atoms with Gasteiger partial charge in [0.05, 0.1) is 4.70 Å². The van der Waals surface area contributed by atoms with Crippen LogP contribution in [0.4, 0.5) is 5.82 Å². The maximum absolute atomic E-state index is 12.0. The van der Waals surface area contributed by atoms with E-state index in [1.807, 2.05) is 24.3 Å². The average Bonchev–Trinajstić information content (AvgIpc) is 3.14. The van der Waals surface area contributed by atoms with Crippen LogP contribution in [0.2, 0.25) is 0 Å². The van der Waals surface area contributed by atoms with E-state index in [4.69, 9.17) is 4.42 Å². The highest BCUT2D eigenvalue weighted by Gasteiger charge is 2.17. The van der Waals surface area contributed by atoms with Crippen LogP contribution in [0.3, 0.4) is 0 Å². The van der Waals surface area contributed by atoms with E-state index in [1.165, 1.54) is 17.6 Å². The van der Waals surface area contributed by atoms with Crippen molar-refractivity contribution < 1.29 is 12.8 Å². The van der Waals surface area contributed by atoms with Crippen LogP contribution in [-0.2, 0) is 10.0 Å². The Morgan fingerprint density at radius 1 is 1.17 bits per heavy atom. The second kappa shape index (κ2) is 6.69. The van der Waals surface area contributed by atoms with Gasteiger partial charge < -0.3 is 9.73 Å². The van der Waals surface area contributed by atoms with Crippen LogP contribution in [0.1, 0.15) is 12.2 Å². The van der Waals surface area contributed by atoms with Crippen LogP contribution >= 0.6 is 11.5 Å². The molecular weight excluding hydrogens is 334 g/mol. The van der Waals surface area contributed by atoms with Gasteiger partial charge in [0, 0.05) is 18.5 Å². The van der Waals surface area contributed by atoms with E-state index in [0.29, 0.717) is 25.3 Å². The van der Waals surface area contributed by atoms with Crippen molar-refractivity contribution in [1.29, 1.82) is 0 Å². The third-order valence-electron chi connectivity index (χ3n) is 3.30. The molecule has 0 spiro atoms. The molecular formula is C15H17N3O3S2. The number of sulfonamides is 1. The SMILES string of the molecule is Cc1ccc(S(=O)(=O)NCCCNc2nsc3ccccc23)o1. The highest BCUT2D eigenvalue weighted by Crippen LogP contribution is 2.25. The molecule has 0 unspecified atom stereocenters. The fourth-order valence-corrected chi connectivity index (χ4v) is 3.94. The number of furan rings is 1. The van der Waals surface area contributed by atoms with Gasteiger partial charge in [0.15, 0.2) is 0 Å². The van der Waals surface area contributed by atoms with Crippen molar-refractivity contribution in [2.24, 2.45) is 0 Å². The molecule has 0 radical (unpaired) electrons. The molecule has 0 aliphatic rings. The van der Waals surface area contributed by atoms with Gasteiger partial charge in [-0.05, 0) is 49.1 Å². The van der Waals surface area contributed by atoms with Crippen molar-refractivity contribution in [3.63, 3.8) is 0 Å². The van der Waals surface area contributed by atoms with Crippen molar-refractivity contribution in [1.82, 2.24) is 9.10 Å². The number of nitrogens with zero attached hydrogens (tertiary/aromatic N) is 1. The minimum Gasteiger partial charge on any atom is -0.449 e. The molecule has 0 atom stereocenters. The predicted molar refractivity (Wildman–Crippen MR) is 91.4 cm³/mol. The van der Waals surface area contributed by atoms with E-state index in [1.54, 1.807) is 13.0 Å². The van der Waals surface area contributed by atoms with Gasteiger partial charge in [-0.2, -0.15) is 4.37 Å². The number of nitrogens with one attached hydrogen (secondary N) is 2. The number of benzene rings is 1. The van der Waals surface area contributed by atoms with E-state index < -0.39 is 10.0 Å². The minimum absolute atomic E-state index is 0.0477. The van der Waals surface area contributed by atoms with Crippen LogP contribution in [0.5, 0.6) is 0 Å². The normalized spacial score (nSPS) is 11.9. The Bertz CT molecular complexity index is 899. The smallest absolute Gasteiger partial charge is 0.273 e. The lowest BCUT2D eigenvalue weighted by Crippen LogP contribution is -2.25. The Morgan fingerprint density at radius 2 is 2.00 bits per heavy atom. The summed E-state index contributed by atoms with van der Waals surface area (Å²) in [7, 11) is -3.57. The first-order valence-corrected chi connectivity index (χ1v) is 9.46. The average molecular weight is 351 g/mol. The molecule has 1 aromatic carbocycles. The highest BCUT2D eigenvalue weighted by atomic mass is 32.2. The first-order valence-electron chi connectivity index (χ1n) is 7.21. The number of rotatable bonds is 7. The maximum atomic E-state index is 12.0. The molecule has 23 heavy (non-hydrogen) atoms. The molecule has 8 heteroatoms. The number of hydrogen-bond acceptors (Lipinski definition) is 6. The van der Waals surface area contributed by atoms with Gasteiger partial charge in [0.1, 0.15) is 11.6 Å². The van der Waals surface area contributed by atoms with E-state index in [0.717, 1.165) is 15.9 Å². The largest absolute Gasteiger partial charge is 0.449 e. The lowest BCUT2D eigenvalue weighted by Gasteiger charge is -2.05. The van der Waals surface area contributed by atoms with Crippen LogP contribution in [0.25, 0.3) is 10.1 Å². The maximum Gasteiger partial charge on any atom is 0.273 e. The Kier molecular flexibility index (Phi) is 4.65. The number of anilines is 1. The molecule has 0 aliphatic heterocycles. The third kappa shape index (κ3) is 3.72. The summed E-state index contributed by atoms with van der Waals surface area (Å²) in [6, 6.07) is 11.1.